The van der Waals surface area contributed by atoms with Crippen molar-refractivity contribution in [3.8, 4) is 11.5 Å². The number of likely N-dealkylation sites (tertiary alicyclic amines) is 1. The lowest BCUT2D eigenvalue weighted by molar-refractivity contribution is -0.140. The first-order valence-electron chi connectivity index (χ1n) is 11.2. The summed E-state index contributed by atoms with van der Waals surface area (Å²) in [5.74, 6) is -0.627. The third-order valence-electron chi connectivity index (χ3n) is 6.10. The van der Waals surface area contributed by atoms with Crippen molar-refractivity contribution in [2.45, 2.75) is 26.3 Å². The van der Waals surface area contributed by atoms with Crippen LogP contribution in [0.4, 0.5) is 0 Å². The fraction of sp³-hybridized carbons (Fsp3) is 0.385. The zero-order chi connectivity index (χ0) is 24.0. The lowest BCUT2D eigenvalue weighted by atomic mass is 9.94. The van der Waals surface area contributed by atoms with Gasteiger partial charge in [0.1, 0.15) is 17.3 Å². The first-order chi connectivity index (χ1) is 16.0. The predicted molar refractivity (Wildman–Crippen MR) is 127 cm³/mol. The third-order valence-corrected chi connectivity index (χ3v) is 6.10. The zero-order valence-corrected chi connectivity index (χ0v) is 19.7. The smallest absolute Gasteiger partial charge is 0.295 e. The standard InChI is InChI=1S/C26H32N2O5/c1-5-27(6-2)16-11-17-28-23(18-12-7-9-14-20(18)32-3)22(25(30)26(28)31)24(29)19-13-8-10-15-21(19)33-4/h7-10,12-15,23,29H,5-6,11,16-17H2,1-4H3/b24-22+. The molecule has 1 aliphatic heterocycles. The Morgan fingerprint density at radius 3 is 2.21 bits per heavy atom. The molecule has 1 saturated heterocycles. The van der Waals surface area contributed by atoms with E-state index in [-0.39, 0.29) is 11.3 Å². The molecular weight excluding hydrogens is 420 g/mol. The molecule has 1 N–H and O–H groups in total. The van der Waals surface area contributed by atoms with Gasteiger partial charge in [-0.3, -0.25) is 9.59 Å². The van der Waals surface area contributed by atoms with Crippen molar-refractivity contribution in [2.24, 2.45) is 0 Å². The fourth-order valence-electron chi connectivity index (χ4n) is 4.32. The number of carbonyl (C=O) groups excluding carboxylic acids is 2. The van der Waals surface area contributed by atoms with Crippen LogP contribution in [0.15, 0.2) is 54.1 Å². The van der Waals surface area contributed by atoms with Crippen LogP contribution in [0.2, 0.25) is 0 Å². The highest BCUT2D eigenvalue weighted by Gasteiger charge is 2.47. The predicted octanol–water partition coefficient (Wildman–Crippen LogP) is 3.86. The van der Waals surface area contributed by atoms with Gasteiger partial charge in [0.25, 0.3) is 11.7 Å². The van der Waals surface area contributed by atoms with Crippen molar-refractivity contribution < 1.29 is 24.2 Å². The molecule has 0 aromatic heterocycles. The van der Waals surface area contributed by atoms with E-state index in [1.165, 1.54) is 7.11 Å². The van der Waals surface area contributed by atoms with Crippen molar-refractivity contribution in [1.29, 1.82) is 0 Å². The number of para-hydroxylation sites is 2. The van der Waals surface area contributed by atoms with E-state index in [0.717, 1.165) is 19.6 Å². The Kier molecular flexibility index (Phi) is 8.11. The Bertz CT molecular complexity index is 1030. The summed E-state index contributed by atoms with van der Waals surface area (Å²) in [6.45, 7) is 7.21. The van der Waals surface area contributed by atoms with Gasteiger partial charge < -0.3 is 24.4 Å². The number of aliphatic hydroxyl groups excluding tert-OH is 1. The highest BCUT2D eigenvalue weighted by molar-refractivity contribution is 6.46. The largest absolute Gasteiger partial charge is 0.507 e. The van der Waals surface area contributed by atoms with Crippen LogP contribution >= 0.6 is 0 Å². The second-order valence-electron chi connectivity index (χ2n) is 7.82. The second kappa shape index (κ2) is 11.0. The number of ether oxygens (including phenoxy) is 2. The number of Topliss-reactive ketones (excluding diaryl/α,β-unsaturated/α-hetero) is 1. The van der Waals surface area contributed by atoms with E-state index < -0.39 is 17.7 Å². The Hall–Kier alpha value is -3.32. The summed E-state index contributed by atoms with van der Waals surface area (Å²) in [6, 6.07) is 13.4. The summed E-state index contributed by atoms with van der Waals surface area (Å²) in [4.78, 5) is 30.2. The first kappa shape index (κ1) is 24.3. The summed E-state index contributed by atoms with van der Waals surface area (Å²) in [5, 5.41) is 11.3. The number of hydrogen-bond donors (Lipinski definition) is 1. The van der Waals surface area contributed by atoms with Crippen LogP contribution in [0.3, 0.4) is 0 Å². The number of nitrogens with zero attached hydrogens (tertiary/aromatic N) is 2. The lowest BCUT2D eigenvalue weighted by Gasteiger charge is -2.27. The topological polar surface area (TPSA) is 79.3 Å². The van der Waals surface area contributed by atoms with Crippen LogP contribution in [0.5, 0.6) is 11.5 Å². The SMILES string of the molecule is CCN(CC)CCCN1C(=O)C(=O)/C(=C(/O)c2ccccc2OC)C1c1ccccc1OC. The monoisotopic (exact) mass is 452 g/mol. The molecule has 1 atom stereocenters. The highest BCUT2D eigenvalue weighted by Crippen LogP contribution is 2.43. The van der Waals surface area contributed by atoms with Crippen molar-refractivity contribution in [3.63, 3.8) is 0 Å². The fourth-order valence-corrected chi connectivity index (χ4v) is 4.32. The van der Waals surface area contributed by atoms with Crippen molar-refractivity contribution in [1.82, 2.24) is 9.80 Å². The van der Waals surface area contributed by atoms with Gasteiger partial charge in [0.05, 0.1) is 31.4 Å². The van der Waals surface area contributed by atoms with Crippen molar-refractivity contribution in [3.05, 3.63) is 65.2 Å². The molecule has 7 nitrogen and oxygen atoms in total. The summed E-state index contributed by atoms with van der Waals surface area (Å²) in [6.07, 6.45) is 0.703. The van der Waals surface area contributed by atoms with E-state index >= 15 is 0 Å². The molecule has 33 heavy (non-hydrogen) atoms. The molecule has 176 valence electrons. The number of aliphatic hydroxyl groups is 1. The maximum Gasteiger partial charge on any atom is 0.295 e. The van der Waals surface area contributed by atoms with Crippen molar-refractivity contribution >= 4 is 17.4 Å². The van der Waals surface area contributed by atoms with Crippen molar-refractivity contribution in [2.75, 3.05) is 40.4 Å². The third kappa shape index (κ3) is 4.88. The molecule has 0 radical (unpaired) electrons. The van der Waals surface area contributed by atoms with E-state index in [4.69, 9.17) is 9.47 Å². The Morgan fingerprint density at radius 1 is 0.970 bits per heavy atom. The van der Waals surface area contributed by atoms with Gasteiger partial charge in [-0.25, -0.2) is 0 Å². The number of benzene rings is 2. The maximum atomic E-state index is 13.2. The molecular formula is C26H32N2O5. The molecule has 7 heteroatoms. The number of methoxy groups -OCH3 is 2. The molecule has 1 unspecified atom stereocenters. The second-order valence-corrected chi connectivity index (χ2v) is 7.82. The molecule has 0 bridgehead atoms. The van der Waals surface area contributed by atoms with Gasteiger partial charge in [0.15, 0.2) is 0 Å². The van der Waals surface area contributed by atoms with Gasteiger partial charge in [-0.05, 0) is 44.3 Å². The molecule has 0 spiro atoms. The summed E-state index contributed by atoms with van der Waals surface area (Å²) in [7, 11) is 3.04. The summed E-state index contributed by atoms with van der Waals surface area (Å²) >= 11 is 0. The lowest BCUT2D eigenvalue weighted by Crippen LogP contribution is -2.33. The molecule has 3 rings (SSSR count). The van der Waals surface area contributed by atoms with Gasteiger partial charge in [-0.15, -0.1) is 0 Å². The van der Waals surface area contributed by atoms with Crippen LogP contribution in [-0.2, 0) is 9.59 Å². The van der Waals surface area contributed by atoms with E-state index in [1.807, 2.05) is 18.2 Å². The van der Waals surface area contributed by atoms with E-state index in [1.54, 1.807) is 42.3 Å². The number of carbonyl (C=O) groups is 2. The average Bonchev–Trinajstić information content (AvgIpc) is 3.10. The minimum absolute atomic E-state index is 0.0387. The van der Waals surface area contributed by atoms with Gasteiger partial charge >= 0.3 is 0 Å². The normalized spacial score (nSPS) is 17.6. The van der Waals surface area contributed by atoms with E-state index in [9.17, 15) is 14.7 Å². The van der Waals surface area contributed by atoms with E-state index in [0.29, 0.717) is 35.6 Å². The van der Waals surface area contributed by atoms with Gasteiger partial charge in [-0.1, -0.05) is 44.2 Å². The molecule has 1 aliphatic rings. The minimum Gasteiger partial charge on any atom is -0.507 e. The Balaban J connectivity index is 2.11. The van der Waals surface area contributed by atoms with Gasteiger partial charge in [0, 0.05) is 12.1 Å². The molecule has 1 fully saturated rings. The maximum absolute atomic E-state index is 13.2. The highest BCUT2D eigenvalue weighted by atomic mass is 16.5. The zero-order valence-electron chi connectivity index (χ0n) is 19.7. The molecule has 1 amide bonds. The number of hydrogen-bond acceptors (Lipinski definition) is 6. The Morgan fingerprint density at radius 2 is 1.58 bits per heavy atom. The summed E-state index contributed by atoms with van der Waals surface area (Å²) < 4.78 is 10.9. The van der Waals surface area contributed by atoms with Crippen LogP contribution in [0.1, 0.15) is 37.4 Å². The average molecular weight is 453 g/mol. The molecule has 1 heterocycles. The molecule has 2 aromatic rings. The minimum atomic E-state index is -0.761. The molecule has 0 aliphatic carbocycles. The molecule has 2 aromatic carbocycles. The van der Waals surface area contributed by atoms with Gasteiger partial charge in [-0.2, -0.15) is 0 Å². The van der Waals surface area contributed by atoms with Crippen LogP contribution < -0.4 is 9.47 Å². The number of amides is 1. The quantitative estimate of drug-likeness (QED) is 0.335. The van der Waals surface area contributed by atoms with E-state index in [2.05, 4.69) is 18.7 Å². The summed E-state index contributed by atoms with van der Waals surface area (Å²) in [5.41, 5.74) is 1.05. The van der Waals surface area contributed by atoms with Gasteiger partial charge in [0.2, 0.25) is 0 Å². The Labute approximate surface area is 195 Å². The first-order valence-corrected chi connectivity index (χ1v) is 11.2. The number of rotatable bonds is 10. The molecule has 0 saturated carbocycles. The van der Waals surface area contributed by atoms with Crippen LogP contribution in [0.25, 0.3) is 5.76 Å². The van der Waals surface area contributed by atoms with Crippen LogP contribution in [-0.4, -0.2) is 67.0 Å². The van der Waals surface area contributed by atoms with Crippen LogP contribution in [0, 0.1) is 0 Å². The number of ketones is 1.